The number of oxazole rings is 1. The first-order chi connectivity index (χ1) is 6.66. The highest BCUT2D eigenvalue weighted by Crippen LogP contribution is 2.21. The zero-order valence-electron chi connectivity index (χ0n) is 7.42. The molecule has 14 heavy (non-hydrogen) atoms. The van der Waals surface area contributed by atoms with Crippen LogP contribution in [0.15, 0.2) is 28.8 Å². The average Bonchev–Trinajstić information content (AvgIpc) is 2.57. The van der Waals surface area contributed by atoms with E-state index >= 15 is 0 Å². The van der Waals surface area contributed by atoms with Crippen LogP contribution in [0, 0.1) is 18.6 Å². The Kier molecular flexibility index (Phi) is 2.04. The topological polar surface area (TPSA) is 26.0 Å². The molecule has 0 spiro atoms. The molecule has 2 nitrogen and oxygen atoms in total. The number of rotatable bonds is 1. The number of hydrogen-bond acceptors (Lipinski definition) is 2. The van der Waals surface area contributed by atoms with Crippen LogP contribution in [0.1, 0.15) is 5.89 Å². The normalized spacial score (nSPS) is 10.5. The van der Waals surface area contributed by atoms with Crippen LogP contribution in [0.5, 0.6) is 0 Å². The summed E-state index contributed by atoms with van der Waals surface area (Å²) in [4.78, 5) is 3.86. The van der Waals surface area contributed by atoms with Gasteiger partial charge in [0.15, 0.2) is 23.3 Å². The Labute approximate surface area is 79.2 Å². The minimum absolute atomic E-state index is 0.432. The molecular formula is C10H7F2NO. The summed E-state index contributed by atoms with van der Waals surface area (Å²) >= 11 is 0. The molecule has 4 heteroatoms. The van der Waals surface area contributed by atoms with Crippen molar-refractivity contribution in [1.29, 1.82) is 0 Å². The Morgan fingerprint density at radius 1 is 1.21 bits per heavy atom. The summed E-state index contributed by atoms with van der Waals surface area (Å²) in [6.07, 6.45) is 1.47. The first-order valence-electron chi connectivity index (χ1n) is 4.04. The van der Waals surface area contributed by atoms with Crippen molar-refractivity contribution in [2.75, 3.05) is 0 Å². The Hall–Kier alpha value is -1.71. The fourth-order valence-electron chi connectivity index (χ4n) is 1.14. The van der Waals surface area contributed by atoms with E-state index in [2.05, 4.69) is 4.98 Å². The summed E-state index contributed by atoms with van der Waals surface area (Å²) < 4.78 is 30.6. The van der Waals surface area contributed by atoms with E-state index in [-0.39, 0.29) is 0 Å². The first-order valence-corrected chi connectivity index (χ1v) is 4.04. The quantitative estimate of drug-likeness (QED) is 0.699. The molecule has 1 aromatic heterocycles. The molecule has 0 fully saturated rings. The zero-order chi connectivity index (χ0) is 10.1. The minimum Gasteiger partial charge on any atom is -0.441 e. The second-order valence-corrected chi connectivity index (χ2v) is 2.87. The van der Waals surface area contributed by atoms with E-state index in [1.807, 2.05) is 0 Å². The SMILES string of the molecule is Cc1ncc(-c2ccc(F)c(F)c2)o1. The zero-order valence-corrected chi connectivity index (χ0v) is 7.42. The number of aromatic nitrogens is 1. The third kappa shape index (κ3) is 1.51. The molecule has 0 saturated carbocycles. The third-order valence-electron chi connectivity index (χ3n) is 1.83. The fourth-order valence-corrected chi connectivity index (χ4v) is 1.14. The second-order valence-electron chi connectivity index (χ2n) is 2.87. The lowest BCUT2D eigenvalue weighted by Crippen LogP contribution is -1.83. The van der Waals surface area contributed by atoms with Crippen molar-refractivity contribution in [1.82, 2.24) is 4.98 Å². The van der Waals surface area contributed by atoms with Crippen molar-refractivity contribution in [3.8, 4) is 11.3 Å². The predicted molar refractivity (Wildman–Crippen MR) is 46.6 cm³/mol. The van der Waals surface area contributed by atoms with Gasteiger partial charge in [0.1, 0.15) is 0 Å². The highest BCUT2D eigenvalue weighted by atomic mass is 19.2. The highest BCUT2D eigenvalue weighted by molar-refractivity contribution is 5.56. The van der Waals surface area contributed by atoms with E-state index in [4.69, 9.17) is 4.42 Å². The van der Waals surface area contributed by atoms with Crippen LogP contribution in [0.2, 0.25) is 0 Å². The number of hydrogen-bond donors (Lipinski definition) is 0. The summed E-state index contributed by atoms with van der Waals surface area (Å²) in [5.74, 6) is -0.840. The summed E-state index contributed by atoms with van der Waals surface area (Å²) in [5.41, 5.74) is 0.476. The van der Waals surface area contributed by atoms with Crippen molar-refractivity contribution in [2.45, 2.75) is 6.92 Å². The maximum Gasteiger partial charge on any atom is 0.191 e. The molecule has 0 N–H and O–H groups in total. The molecule has 0 aliphatic carbocycles. The summed E-state index contributed by atoms with van der Waals surface area (Å²) in [6, 6.07) is 3.58. The van der Waals surface area contributed by atoms with Gasteiger partial charge >= 0.3 is 0 Å². The molecule has 0 radical (unpaired) electrons. The first kappa shape index (κ1) is 8.87. The van der Waals surface area contributed by atoms with E-state index in [1.54, 1.807) is 6.92 Å². The van der Waals surface area contributed by atoms with Gasteiger partial charge in [-0.1, -0.05) is 0 Å². The van der Waals surface area contributed by atoms with Gasteiger partial charge in [-0.25, -0.2) is 13.8 Å². The molecule has 2 rings (SSSR count). The summed E-state index contributed by atoms with van der Waals surface area (Å²) in [6.45, 7) is 1.68. The summed E-state index contributed by atoms with van der Waals surface area (Å²) in [5, 5.41) is 0. The number of benzene rings is 1. The molecule has 72 valence electrons. The van der Waals surface area contributed by atoms with Crippen LogP contribution in [0.4, 0.5) is 8.78 Å². The van der Waals surface area contributed by atoms with E-state index in [0.29, 0.717) is 17.2 Å². The Morgan fingerprint density at radius 3 is 2.57 bits per heavy atom. The van der Waals surface area contributed by atoms with E-state index in [0.717, 1.165) is 12.1 Å². The molecule has 1 heterocycles. The van der Waals surface area contributed by atoms with Gasteiger partial charge < -0.3 is 4.42 Å². The highest BCUT2D eigenvalue weighted by Gasteiger charge is 2.07. The fraction of sp³-hybridized carbons (Fsp3) is 0.100. The molecule has 0 aliphatic rings. The van der Waals surface area contributed by atoms with E-state index in [9.17, 15) is 8.78 Å². The number of halogens is 2. The van der Waals surface area contributed by atoms with Crippen LogP contribution in [-0.4, -0.2) is 4.98 Å². The van der Waals surface area contributed by atoms with Crippen LogP contribution in [0.3, 0.4) is 0 Å². The van der Waals surface area contributed by atoms with Crippen molar-refractivity contribution < 1.29 is 13.2 Å². The van der Waals surface area contributed by atoms with E-state index < -0.39 is 11.6 Å². The van der Waals surface area contributed by atoms with Gasteiger partial charge in [-0.15, -0.1) is 0 Å². The molecule has 0 aliphatic heterocycles. The lowest BCUT2D eigenvalue weighted by atomic mass is 10.2. The standard InChI is InChI=1S/C10H7F2NO/c1-6-13-5-10(14-6)7-2-3-8(11)9(12)4-7/h2-5H,1H3. The predicted octanol–water partition coefficient (Wildman–Crippen LogP) is 2.93. The molecule has 0 unspecified atom stereocenters. The molecule has 2 aromatic rings. The van der Waals surface area contributed by atoms with Gasteiger partial charge in [0.05, 0.1) is 6.20 Å². The molecule has 1 aromatic carbocycles. The smallest absolute Gasteiger partial charge is 0.191 e. The van der Waals surface area contributed by atoms with Crippen LogP contribution >= 0.6 is 0 Å². The summed E-state index contributed by atoms with van der Waals surface area (Å²) in [7, 11) is 0. The van der Waals surface area contributed by atoms with Gasteiger partial charge in [0.25, 0.3) is 0 Å². The maximum atomic E-state index is 12.8. The van der Waals surface area contributed by atoms with Crippen molar-refractivity contribution in [3.05, 3.63) is 41.9 Å². The molecule has 0 saturated heterocycles. The lowest BCUT2D eigenvalue weighted by molar-refractivity contribution is 0.506. The van der Waals surface area contributed by atoms with Gasteiger partial charge in [0, 0.05) is 12.5 Å². The monoisotopic (exact) mass is 195 g/mol. The number of nitrogens with zero attached hydrogens (tertiary/aromatic N) is 1. The van der Waals surface area contributed by atoms with Gasteiger partial charge in [-0.3, -0.25) is 0 Å². The lowest BCUT2D eigenvalue weighted by Gasteiger charge is -1.96. The van der Waals surface area contributed by atoms with E-state index in [1.165, 1.54) is 12.3 Å². The Bertz CT molecular complexity index is 465. The molecule has 0 atom stereocenters. The molecule has 0 bridgehead atoms. The molecular weight excluding hydrogens is 188 g/mol. The van der Waals surface area contributed by atoms with Gasteiger partial charge in [0.2, 0.25) is 0 Å². The van der Waals surface area contributed by atoms with Crippen LogP contribution in [-0.2, 0) is 0 Å². The van der Waals surface area contributed by atoms with Gasteiger partial charge in [-0.2, -0.15) is 0 Å². The van der Waals surface area contributed by atoms with Crippen LogP contribution < -0.4 is 0 Å². The van der Waals surface area contributed by atoms with Gasteiger partial charge in [-0.05, 0) is 18.2 Å². The Balaban J connectivity index is 2.47. The van der Waals surface area contributed by atoms with Crippen molar-refractivity contribution >= 4 is 0 Å². The molecule has 0 amide bonds. The maximum absolute atomic E-state index is 12.8. The largest absolute Gasteiger partial charge is 0.441 e. The van der Waals surface area contributed by atoms with Crippen LogP contribution in [0.25, 0.3) is 11.3 Å². The third-order valence-corrected chi connectivity index (χ3v) is 1.83. The van der Waals surface area contributed by atoms with Crippen molar-refractivity contribution in [2.24, 2.45) is 0 Å². The number of aryl methyl sites for hydroxylation is 1. The average molecular weight is 195 g/mol. The Morgan fingerprint density at radius 2 is 2.00 bits per heavy atom. The second kappa shape index (κ2) is 3.21. The minimum atomic E-state index is -0.892. The van der Waals surface area contributed by atoms with Crippen molar-refractivity contribution in [3.63, 3.8) is 0 Å².